The van der Waals surface area contributed by atoms with Gasteiger partial charge in [-0.1, -0.05) is 128 Å². The molecule has 6 aromatic carbocycles. The van der Waals surface area contributed by atoms with Gasteiger partial charge in [-0.3, -0.25) is 9.69 Å². The number of nitrogens with zero attached hydrogens (tertiary/aromatic N) is 1. The third kappa shape index (κ3) is 10.1. The maximum absolute atomic E-state index is 14.6. The summed E-state index contributed by atoms with van der Waals surface area (Å²) in [7, 11) is 1.47. The highest BCUT2D eigenvalue weighted by molar-refractivity contribution is 5.89. The predicted molar refractivity (Wildman–Crippen MR) is 233 cm³/mol. The minimum Gasteiger partial charge on any atom is -0.491 e. The molecule has 2 heterocycles. The van der Waals surface area contributed by atoms with Crippen molar-refractivity contribution in [2.75, 3.05) is 33.4 Å². The number of likely N-dealkylation sites (tertiary alicyclic amines) is 1. The first-order valence-electron chi connectivity index (χ1n) is 20.5. The van der Waals surface area contributed by atoms with E-state index in [2.05, 4.69) is 4.90 Å². The van der Waals surface area contributed by atoms with Crippen LogP contribution in [0.2, 0.25) is 0 Å². The second-order valence-corrected chi connectivity index (χ2v) is 14.7. The molecule has 9 nitrogen and oxygen atoms in total. The van der Waals surface area contributed by atoms with Gasteiger partial charge in [-0.05, 0) is 60.3 Å². The van der Waals surface area contributed by atoms with E-state index < -0.39 is 0 Å². The van der Waals surface area contributed by atoms with Crippen molar-refractivity contribution in [1.29, 1.82) is 0 Å². The lowest BCUT2D eigenvalue weighted by atomic mass is 10.1. The largest absolute Gasteiger partial charge is 0.491 e. The van der Waals surface area contributed by atoms with Crippen molar-refractivity contribution in [2.24, 2.45) is 0 Å². The van der Waals surface area contributed by atoms with Crippen LogP contribution < -0.4 is 33.8 Å². The molecule has 1 aliphatic rings. The quantitative estimate of drug-likeness (QED) is 0.0841. The van der Waals surface area contributed by atoms with Crippen LogP contribution in [0.3, 0.4) is 0 Å². The summed E-state index contributed by atoms with van der Waals surface area (Å²) in [5, 5.41) is 0.269. The monoisotopic (exact) mass is 803 g/mol. The van der Waals surface area contributed by atoms with Crippen LogP contribution in [-0.2, 0) is 26.4 Å². The van der Waals surface area contributed by atoms with Crippen LogP contribution >= 0.6 is 0 Å². The number of fused-ring (bicyclic) bond motifs is 1. The number of benzene rings is 6. The smallest absolute Gasteiger partial charge is 0.239 e. The van der Waals surface area contributed by atoms with E-state index in [-0.39, 0.29) is 47.7 Å². The number of piperidine rings is 1. The van der Waals surface area contributed by atoms with Gasteiger partial charge in [0, 0.05) is 24.2 Å². The van der Waals surface area contributed by atoms with E-state index in [1.807, 2.05) is 121 Å². The molecule has 0 saturated carbocycles. The van der Waals surface area contributed by atoms with Crippen LogP contribution in [-0.4, -0.2) is 38.3 Å². The zero-order valence-electron chi connectivity index (χ0n) is 33.8. The first kappa shape index (κ1) is 40.1. The highest BCUT2D eigenvalue weighted by atomic mass is 16.5. The van der Waals surface area contributed by atoms with Crippen molar-refractivity contribution < 1.29 is 32.8 Å². The van der Waals surface area contributed by atoms with Gasteiger partial charge >= 0.3 is 0 Å². The van der Waals surface area contributed by atoms with Crippen LogP contribution in [0.15, 0.2) is 155 Å². The number of rotatable bonds is 18. The van der Waals surface area contributed by atoms with Crippen molar-refractivity contribution in [3.8, 4) is 45.8 Å². The van der Waals surface area contributed by atoms with Gasteiger partial charge in [0.2, 0.25) is 16.9 Å². The fourth-order valence-corrected chi connectivity index (χ4v) is 7.29. The number of hydrogen-bond donors (Lipinski definition) is 0. The molecule has 0 N–H and O–H groups in total. The maximum atomic E-state index is 14.6. The molecule has 60 heavy (non-hydrogen) atoms. The Morgan fingerprint density at radius 1 is 0.533 bits per heavy atom. The van der Waals surface area contributed by atoms with Crippen LogP contribution in [0.4, 0.5) is 0 Å². The van der Waals surface area contributed by atoms with E-state index in [1.54, 1.807) is 24.3 Å². The van der Waals surface area contributed by atoms with Gasteiger partial charge in [0.15, 0.2) is 17.3 Å². The van der Waals surface area contributed by atoms with Gasteiger partial charge in [0.25, 0.3) is 0 Å². The van der Waals surface area contributed by atoms with Gasteiger partial charge in [0.1, 0.15) is 55.5 Å². The van der Waals surface area contributed by atoms with Gasteiger partial charge in [-0.15, -0.1) is 0 Å². The summed E-state index contributed by atoms with van der Waals surface area (Å²) in [4.78, 5) is 17.0. The molecular weight excluding hydrogens is 755 g/mol. The van der Waals surface area contributed by atoms with Crippen molar-refractivity contribution in [3.63, 3.8) is 0 Å². The fraction of sp³-hybridized carbons (Fsp3) is 0.235. The standard InChI is InChI=1S/C51H49NO8/c1-54-51-48(53)47-43(55-28-27-52-25-15-6-16-26-52)31-42(56-33-37-17-7-2-8-18-37)32-44(47)60-49(51)41-29-45(57-34-38-19-9-3-10-20-38)50(59-36-40-23-13-5-14-24-40)46(30-41)58-35-39-21-11-4-12-22-39/h2-5,7-14,17-24,29-32H,6,15-16,25-28,33-36H2,1H3. The molecule has 0 unspecified atom stereocenters. The van der Waals surface area contributed by atoms with E-state index in [1.165, 1.54) is 26.4 Å². The third-order valence-corrected chi connectivity index (χ3v) is 10.4. The van der Waals surface area contributed by atoms with E-state index in [9.17, 15) is 4.79 Å². The highest BCUT2D eigenvalue weighted by Crippen LogP contribution is 2.45. The van der Waals surface area contributed by atoms with Gasteiger partial charge in [-0.2, -0.15) is 0 Å². The van der Waals surface area contributed by atoms with Crippen LogP contribution in [0.1, 0.15) is 41.5 Å². The highest BCUT2D eigenvalue weighted by Gasteiger charge is 2.25. The summed E-state index contributed by atoms with van der Waals surface area (Å²) in [5.41, 5.74) is 4.32. The third-order valence-electron chi connectivity index (χ3n) is 10.4. The minimum absolute atomic E-state index is 0.0160. The molecule has 1 aromatic heterocycles. The van der Waals surface area contributed by atoms with E-state index in [0.29, 0.717) is 47.5 Å². The molecule has 0 radical (unpaired) electrons. The first-order valence-corrected chi connectivity index (χ1v) is 20.5. The van der Waals surface area contributed by atoms with Crippen molar-refractivity contribution in [3.05, 3.63) is 178 Å². The molecule has 1 aliphatic heterocycles. The molecule has 0 aliphatic carbocycles. The summed E-state index contributed by atoms with van der Waals surface area (Å²) in [6.45, 7) is 4.31. The first-order chi connectivity index (χ1) is 29.6. The SMILES string of the molecule is COc1c(-c2cc(OCc3ccccc3)c(OCc3ccccc3)c(OCc3ccccc3)c2)oc2cc(OCc3ccccc3)cc(OCCN3CCCCC3)c2c1=O. The summed E-state index contributed by atoms with van der Waals surface area (Å²) in [5.74, 6) is 2.30. The van der Waals surface area contributed by atoms with E-state index in [0.717, 1.165) is 41.9 Å². The number of ether oxygens (including phenoxy) is 6. The van der Waals surface area contributed by atoms with Crippen molar-refractivity contribution in [1.82, 2.24) is 4.90 Å². The minimum atomic E-state index is -0.376. The Morgan fingerprint density at radius 2 is 1.03 bits per heavy atom. The van der Waals surface area contributed by atoms with Gasteiger partial charge in [0.05, 0.1) is 7.11 Å². The Hall–Kier alpha value is -6.71. The lowest BCUT2D eigenvalue weighted by molar-refractivity contribution is 0.184. The average Bonchev–Trinajstić information content (AvgIpc) is 3.30. The fourth-order valence-electron chi connectivity index (χ4n) is 7.29. The molecule has 1 saturated heterocycles. The Kier molecular flexibility index (Phi) is 13.2. The second kappa shape index (κ2) is 19.8. The van der Waals surface area contributed by atoms with E-state index in [4.69, 9.17) is 32.8 Å². The lowest BCUT2D eigenvalue weighted by Gasteiger charge is -2.26. The van der Waals surface area contributed by atoms with Crippen LogP contribution in [0.25, 0.3) is 22.3 Å². The van der Waals surface area contributed by atoms with Crippen molar-refractivity contribution >= 4 is 11.0 Å². The van der Waals surface area contributed by atoms with Gasteiger partial charge in [-0.25, -0.2) is 0 Å². The summed E-state index contributed by atoms with van der Waals surface area (Å²) < 4.78 is 45.0. The van der Waals surface area contributed by atoms with Crippen molar-refractivity contribution in [2.45, 2.75) is 45.7 Å². The topological polar surface area (TPSA) is 88.8 Å². The zero-order chi connectivity index (χ0) is 40.9. The Balaban J connectivity index is 1.23. The normalized spacial score (nSPS) is 12.8. The second-order valence-electron chi connectivity index (χ2n) is 14.7. The molecule has 1 fully saturated rings. The Morgan fingerprint density at radius 3 is 1.55 bits per heavy atom. The molecule has 0 amide bonds. The maximum Gasteiger partial charge on any atom is 0.239 e. The molecule has 306 valence electrons. The summed E-state index contributed by atoms with van der Waals surface area (Å²) in [6, 6.07) is 46.7. The molecule has 0 atom stereocenters. The molecule has 8 rings (SSSR count). The Bertz CT molecular complexity index is 2440. The zero-order valence-corrected chi connectivity index (χ0v) is 33.8. The Labute approximate surface area is 350 Å². The number of methoxy groups -OCH3 is 1. The van der Waals surface area contributed by atoms with Crippen LogP contribution in [0.5, 0.6) is 34.5 Å². The summed E-state index contributed by atoms with van der Waals surface area (Å²) >= 11 is 0. The van der Waals surface area contributed by atoms with Crippen LogP contribution in [0, 0.1) is 0 Å². The molecule has 0 bridgehead atoms. The van der Waals surface area contributed by atoms with Gasteiger partial charge < -0.3 is 32.8 Å². The lowest BCUT2D eigenvalue weighted by Crippen LogP contribution is -2.33. The predicted octanol–water partition coefficient (Wildman–Crippen LogP) is 10.6. The average molecular weight is 804 g/mol. The summed E-state index contributed by atoms with van der Waals surface area (Å²) in [6.07, 6.45) is 3.59. The molecular formula is C51H49NO8. The molecule has 0 spiro atoms. The number of hydrogen-bond acceptors (Lipinski definition) is 9. The molecule has 7 aromatic rings. The molecule has 9 heteroatoms. The van der Waals surface area contributed by atoms with E-state index >= 15 is 0 Å².